The van der Waals surface area contributed by atoms with Gasteiger partial charge in [-0.15, -0.1) is 0 Å². The van der Waals surface area contributed by atoms with Crippen LogP contribution >= 0.6 is 0 Å². The van der Waals surface area contributed by atoms with Gasteiger partial charge in [-0.05, 0) is 104 Å². The van der Waals surface area contributed by atoms with Crippen LogP contribution in [0.25, 0.3) is 44.8 Å². The maximum Gasteiger partial charge on any atom is 0.0102 e. The molecule has 2 aliphatic carbocycles. The van der Waals surface area contributed by atoms with Gasteiger partial charge in [-0.25, -0.2) is 0 Å². The van der Waals surface area contributed by atoms with Gasteiger partial charge in [-0.2, -0.15) is 0 Å². The first kappa shape index (κ1) is 25.1. The molecule has 0 N–H and O–H groups in total. The molecule has 0 heterocycles. The van der Waals surface area contributed by atoms with Crippen molar-refractivity contribution in [3.05, 3.63) is 166 Å². The Morgan fingerprint density at radius 3 is 1.24 bits per heavy atom. The average Bonchev–Trinajstić information content (AvgIpc) is 3.59. The molecule has 0 saturated heterocycles. The smallest absolute Gasteiger partial charge is 0.0102 e. The van der Waals surface area contributed by atoms with Gasteiger partial charge in [0.05, 0.1) is 0 Å². The van der Waals surface area contributed by atoms with Gasteiger partial charge in [0.25, 0.3) is 0 Å². The van der Waals surface area contributed by atoms with Gasteiger partial charge < -0.3 is 0 Å². The van der Waals surface area contributed by atoms with Crippen molar-refractivity contribution in [2.45, 2.75) is 38.5 Å². The van der Waals surface area contributed by atoms with E-state index in [1.54, 1.807) is 0 Å². The third kappa shape index (κ3) is 3.97. The number of allylic oxidation sites excluding steroid dienone is 2. The molecule has 0 saturated carbocycles. The molecule has 0 amide bonds. The van der Waals surface area contributed by atoms with E-state index >= 15 is 0 Å². The molecular weight excluding hydrogens is 504 g/mol. The van der Waals surface area contributed by atoms with Crippen LogP contribution in [0.2, 0.25) is 0 Å². The van der Waals surface area contributed by atoms with Crippen LogP contribution < -0.4 is 0 Å². The van der Waals surface area contributed by atoms with Gasteiger partial charge in [0.1, 0.15) is 0 Å². The second-order valence-electron chi connectivity index (χ2n) is 12.1. The molecule has 0 aliphatic heterocycles. The lowest BCUT2D eigenvalue weighted by Gasteiger charge is -2.24. The largest absolute Gasteiger partial charge is 0.0619 e. The minimum absolute atomic E-state index is 0.371. The highest BCUT2D eigenvalue weighted by atomic mass is 14.3. The summed E-state index contributed by atoms with van der Waals surface area (Å²) in [6.45, 7) is 4.45. The standard InChI is InChI=1S/C42H34/c1-27-19-21-39(35-17-9-7-13-31(27)35)41-25-29-11-3-5-15-33(29)37(41)23-24-38-34-16-6-4-12-30(34)26-42(38)40-22-20-28(2)32-14-8-10-18-36(32)40/h3-22,25-26,37-38H,23-24H2,1-2H3. The van der Waals surface area contributed by atoms with Crippen molar-refractivity contribution >= 4 is 44.8 Å². The van der Waals surface area contributed by atoms with Crippen molar-refractivity contribution in [3.8, 4) is 0 Å². The molecular formula is C42H34. The molecule has 0 bridgehead atoms. The first-order valence-electron chi connectivity index (χ1n) is 15.3. The first-order chi connectivity index (χ1) is 20.7. The van der Waals surface area contributed by atoms with Crippen molar-refractivity contribution in [2.24, 2.45) is 0 Å². The lowest BCUT2D eigenvalue weighted by Crippen LogP contribution is -2.05. The quantitative estimate of drug-likeness (QED) is 0.205. The lowest BCUT2D eigenvalue weighted by atomic mass is 9.80. The summed E-state index contributed by atoms with van der Waals surface area (Å²) in [5.74, 6) is 0.743. The first-order valence-corrected chi connectivity index (χ1v) is 15.3. The average molecular weight is 539 g/mol. The third-order valence-electron chi connectivity index (χ3n) is 9.77. The molecule has 6 aromatic carbocycles. The predicted molar refractivity (Wildman–Crippen MR) is 181 cm³/mol. The van der Waals surface area contributed by atoms with E-state index < -0.39 is 0 Å². The van der Waals surface area contributed by atoms with Gasteiger partial charge in [0.2, 0.25) is 0 Å². The number of aryl methyl sites for hydroxylation is 2. The van der Waals surface area contributed by atoms with E-state index in [9.17, 15) is 0 Å². The summed E-state index contributed by atoms with van der Waals surface area (Å²) < 4.78 is 0. The van der Waals surface area contributed by atoms with Crippen LogP contribution in [0.3, 0.4) is 0 Å². The molecule has 0 heteroatoms. The van der Waals surface area contributed by atoms with Gasteiger partial charge in [-0.1, -0.05) is 133 Å². The molecule has 0 aromatic heterocycles. The normalized spacial score (nSPS) is 17.3. The van der Waals surface area contributed by atoms with Crippen molar-refractivity contribution in [2.75, 3.05) is 0 Å². The van der Waals surface area contributed by atoms with E-state index in [1.165, 1.54) is 77.2 Å². The zero-order valence-electron chi connectivity index (χ0n) is 24.3. The molecule has 8 rings (SSSR count). The van der Waals surface area contributed by atoms with Crippen molar-refractivity contribution in [3.63, 3.8) is 0 Å². The zero-order valence-corrected chi connectivity index (χ0v) is 24.3. The van der Waals surface area contributed by atoms with Gasteiger partial charge >= 0.3 is 0 Å². The van der Waals surface area contributed by atoms with Gasteiger partial charge in [-0.3, -0.25) is 0 Å². The van der Waals surface area contributed by atoms with Crippen LogP contribution in [0.4, 0.5) is 0 Å². The molecule has 202 valence electrons. The second kappa shape index (κ2) is 10.00. The van der Waals surface area contributed by atoms with E-state index in [0.29, 0.717) is 11.8 Å². The summed E-state index contributed by atoms with van der Waals surface area (Å²) >= 11 is 0. The molecule has 0 spiro atoms. The summed E-state index contributed by atoms with van der Waals surface area (Å²) in [5.41, 5.74) is 14.0. The SMILES string of the molecule is Cc1ccc(C2=Cc3ccccc3C2CCC2C(c3ccc(C)c4ccccc34)=Cc3ccccc32)c2ccccc12. The Morgan fingerprint density at radius 2 is 0.786 bits per heavy atom. The predicted octanol–water partition coefficient (Wildman–Crippen LogP) is 11.4. The van der Waals surface area contributed by atoms with Crippen LogP contribution in [-0.4, -0.2) is 0 Å². The van der Waals surface area contributed by atoms with E-state index in [4.69, 9.17) is 0 Å². The minimum Gasteiger partial charge on any atom is -0.0619 e. The summed E-state index contributed by atoms with van der Waals surface area (Å²) in [4.78, 5) is 0. The monoisotopic (exact) mass is 538 g/mol. The highest BCUT2D eigenvalue weighted by Gasteiger charge is 2.32. The van der Waals surface area contributed by atoms with E-state index in [0.717, 1.165) is 12.8 Å². The van der Waals surface area contributed by atoms with Crippen LogP contribution in [-0.2, 0) is 0 Å². The van der Waals surface area contributed by atoms with Crippen LogP contribution in [0.1, 0.15) is 69.2 Å². The van der Waals surface area contributed by atoms with Crippen molar-refractivity contribution in [1.29, 1.82) is 0 Å². The third-order valence-corrected chi connectivity index (χ3v) is 9.77. The van der Waals surface area contributed by atoms with E-state index in [-0.39, 0.29) is 0 Å². The number of hydrogen-bond donors (Lipinski definition) is 0. The fraction of sp³-hybridized carbons (Fsp3) is 0.143. The molecule has 2 aliphatic rings. The second-order valence-corrected chi connectivity index (χ2v) is 12.1. The molecule has 0 nitrogen and oxygen atoms in total. The topological polar surface area (TPSA) is 0 Å². The fourth-order valence-corrected chi connectivity index (χ4v) is 7.68. The maximum absolute atomic E-state index is 2.46. The molecule has 0 radical (unpaired) electrons. The summed E-state index contributed by atoms with van der Waals surface area (Å²) in [5, 5.41) is 5.43. The Bertz CT molecular complexity index is 1920. The number of fused-ring (bicyclic) bond motifs is 4. The van der Waals surface area contributed by atoms with Crippen LogP contribution in [0.15, 0.2) is 121 Å². The Balaban J connectivity index is 1.21. The number of benzene rings is 6. The van der Waals surface area contributed by atoms with E-state index in [2.05, 4.69) is 147 Å². The fourth-order valence-electron chi connectivity index (χ4n) is 7.68. The van der Waals surface area contributed by atoms with E-state index in [1.807, 2.05) is 0 Å². The minimum atomic E-state index is 0.371. The summed E-state index contributed by atoms with van der Waals surface area (Å²) in [6.07, 6.45) is 7.13. The van der Waals surface area contributed by atoms with Gasteiger partial charge in [0.15, 0.2) is 0 Å². The summed E-state index contributed by atoms with van der Waals surface area (Å²) in [7, 11) is 0. The molecule has 42 heavy (non-hydrogen) atoms. The Kier molecular flexibility index (Phi) is 5.97. The lowest BCUT2D eigenvalue weighted by molar-refractivity contribution is 0.657. The number of hydrogen-bond acceptors (Lipinski definition) is 0. The number of rotatable bonds is 5. The summed E-state index contributed by atoms with van der Waals surface area (Å²) in [6, 6.07) is 45.2. The molecule has 6 aromatic rings. The van der Waals surface area contributed by atoms with Crippen molar-refractivity contribution in [1.82, 2.24) is 0 Å². The van der Waals surface area contributed by atoms with Crippen molar-refractivity contribution < 1.29 is 0 Å². The zero-order chi connectivity index (χ0) is 28.2. The maximum atomic E-state index is 2.46. The Labute approximate surface area is 248 Å². The highest BCUT2D eigenvalue weighted by molar-refractivity contribution is 6.04. The molecule has 2 unspecified atom stereocenters. The van der Waals surface area contributed by atoms with Crippen LogP contribution in [0, 0.1) is 13.8 Å². The Morgan fingerprint density at radius 1 is 0.405 bits per heavy atom. The van der Waals surface area contributed by atoms with Gasteiger partial charge in [0, 0.05) is 11.8 Å². The molecule has 0 fully saturated rings. The Hall–Kier alpha value is -4.68. The molecule has 2 atom stereocenters. The highest BCUT2D eigenvalue weighted by Crippen LogP contribution is 2.51. The van der Waals surface area contributed by atoms with Crippen LogP contribution in [0.5, 0.6) is 0 Å².